The second-order valence-electron chi connectivity index (χ2n) is 12.2. The van der Waals surface area contributed by atoms with Crippen LogP contribution in [0.4, 0.5) is 13.2 Å². The second-order valence-corrected chi connectivity index (χ2v) is 12.2. The lowest BCUT2D eigenvalue weighted by atomic mass is 9.93. The van der Waals surface area contributed by atoms with Gasteiger partial charge in [0, 0.05) is 33.2 Å². The monoisotopic (exact) mass is 646 g/mol. The van der Waals surface area contributed by atoms with Gasteiger partial charge in [0.15, 0.2) is 17.5 Å². The van der Waals surface area contributed by atoms with Crippen molar-refractivity contribution in [1.82, 2.24) is 19.5 Å². The highest BCUT2D eigenvalue weighted by Gasteiger charge is 2.34. The van der Waals surface area contributed by atoms with E-state index < -0.39 is 11.7 Å². The Morgan fingerprint density at radius 3 is 1.53 bits per heavy atom. The molecule has 2 aromatic heterocycles. The van der Waals surface area contributed by atoms with E-state index in [0.717, 1.165) is 55.8 Å². The Hall–Kier alpha value is -6.08. The van der Waals surface area contributed by atoms with Crippen molar-refractivity contribution >= 4 is 21.8 Å². The topological polar surface area (TPSA) is 43.6 Å². The molecule has 0 radical (unpaired) electrons. The van der Waals surface area contributed by atoms with Crippen LogP contribution in [0.3, 0.4) is 0 Å². The average Bonchev–Trinajstić information content (AvgIpc) is 3.44. The number of aryl methyl sites for hydroxylation is 2. The first-order valence-corrected chi connectivity index (χ1v) is 15.9. The van der Waals surface area contributed by atoms with Gasteiger partial charge in [0.2, 0.25) is 0 Å². The molecule has 0 N–H and O–H groups in total. The van der Waals surface area contributed by atoms with Gasteiger partial charge in [-0.2, -0.15) is 13.2 Å². The summed E-state index contributed by atoms with van der Waals surface area (Å²) in [6.45, 7) is 4.11. The second kappa shape index (κ2) is 11.9. The van der Waals surface area contributed by atoms with Crippen molar-refractivity contribution in [2.24, 2.45) is 0 Å². The van der Waals surface area contributed by atoms with Crippen LogP contribution in [0.15, 0.2) is 140 Å². The van der Waals surface area contributed by atoms with Gasteiger partial charge in [-0.25, -0.2) is 15.0 Å². The van der Waals surface area contributed by atoms with Gasteiger partial charge in [-0.1, -0.05) is 102 Å². The van der Waals surface area contributed by atoms with Crippen molar-refractivity contribution in [3.05, 3.63) is 156 Å². The van der Waals surface area contributed by atoms with Gasteiger partial charge in [-0.15, -0.1) is 0 Å². The van der Waals surface area contributed by atoms with E-state index in [1.54, 1.807) is 6.07 Å². The number of halogens is 3. The number of aromatic nitrogens is 4. The molecule has 0 aliphatic heterocycles. The first-order chi connectivity index (χ1) is 23.7. The SMILES string of the molecule is Cc1ccc2c(c1)c1cc(C)ccc1n2-c1ccc(-c2nc(-c3ccccc3)nc(-c3ccccc3)n2)c(-c2ccccc2C(F)(F)F)c1. The lowest BCUT2D eigenvalue weighted by Gasteiger charge is -2.18. The van der Waals surface area contributed by atoms with Crippen molar-refractivity contribution < 1.29 is 13.2 Å². The molecule has 0 spiro atoms. The van der Waals surface area contributed by atoms with E-state index in [1.807, 2.05) is 78.9 Å². The maximum absolute atomic E-state index is 14.7. The molecule has 0 saturated carbocycles. The van der Waals surface area contributed by atoms with E-state index in [4.69, 9.17) is 15.0 Å². The van der Waals surface area contributed by atoms with Gasteiger partial charge in [0.25, 0.3) is 0 Å². The average molecular weight is 647 g/mol. The van der Waals surface area contributed by atoms with Crippen LogP contribution < -0.4 is 0 Å². The van der Waals surface area contributed by atoms with Crippen molar-refractivity contribution in [1.29, 1.82) is 0 Å². The molecule has 0 amide bonds. The summed E-state index contributed by atoms with van der Waals surface area (Å²) >= 11 is 0. The van der Waals surface area contributed by atoms with Crippen LogP contribution in [0.5, 0.6) is 0 Å². The maximum atomic E-state index is 14.7. The first kappa shape index (κ1) is 30.3. The smallest absolute Gasteiger partial charge is 0.309 e. The van der Waals surface area contributed by atoms with Crippen molar-refractivity contribution in [2.75, 3.05) is 0 Å². The summed E-state index contributed by atoms with van der Waals surface area (Å²) < 4.78 is 46.1. The van der Waals surface area contributed by atoms with Crippen molar-refractivity contribution in [3.63, 3.8) is 0 Å². The number of hydrogen-bond donors (Lipinski definition) is 0. The molecule has 8 rings (SSSR count). The van der Waals surface area contributed by atoms with Crippen LogP contribution in [0, 0.1) is 13.8 Å². The third-order valence-corrected chi connectivity index (χ3v) is 8.80. The molecule has 0 aliphatic carbocycles. The molecule has 0 unspecified atom stereocenters. The summed E-state index contributed by atoms with van der Waals surface area (Å²) in [4.78, 5) is 14.6. The van der Waals surface area contributed by atoms with Gasteiger partial charge in [0.1, 0.15) is 0 Å². The number of nitrogens with zero attached hydrogens (tertiary/aromatic N) is 4. The van der Waals surface area contributed by atoms with Gasteiger partial charge < -0.3 is 4.57 Å². The zero-order valence-electron chi connectivity index (χ0n) is 26.7. The number of alkyl halides is 3. The Balaban J connectivity index is 1.44. The summed E-state index contributed by atoms with van der Waals surface area (Å²) in [7, 11) is 0. The minimum Gasteiger partial charge on any atom is -0.309 e. The number of rotatable bonds is 5. The molecule has 0 atom stereocenters. The largest absolute Gasteiger partial charge is 0.417 e. The standard InChI is InChI=1S/C42H29F3N4/c1-26-17-21-37-34(23-26)35-24-27(2)18-22-38(35)49(37)30-19-20-32(33(25-30)31-15-9-10-16-36(31)42(43,44)45)41-47-39(28-11-5-3-6-12-28)46-40(48-41)29-13-7-4-8-14-29/h3-25H,1-2H3. The lowest BCUT2D eigenvalue weighted by Crippen LogP contribution is -2.08. The van der Waals surface area contributed by atoms with Crippen LogP contribution in [0.2, 0.25) is 0 Å². The minimum absolute atomic E-state index is 0.0437. The fourth-order valence-corrected chi connectivity index (χ4v) is 6.51. The Kier molecular flexibility index (Phi) is 7.33. The van der Waals surface area contributed by atoms with Gasteiger partial charge >= 0.3 is 6.18 Å². The van der Waals surface area contributed by atoms with E-state index in [9.17, 15) is 13.2 Å². The summed E-state index contributed by atoms with van der Waals surface area (Å²) in [5, 5.41) is 2.16. The predicted octanol–water partition coefficient (Wildman–Crippen LogP) is 11.3. The fourth-order valence-electron chi connectivity index (χ4n) is 6.51. The Morgan fingerprint density at radius 2 is 0.980 bits per heavy atom. The summed E-state index contributed by atoms with van der Waals surface area (Å²) in [5.41, 5.74) is 6.59. The van der Waals surface area contributed by atoms with Crippen LogP contribution in [-0.4, -0.2) is 19.5 Å². The quantitative estimate of drug-likeness (QED) is 0.187. The highest BCUT2D eigenvalue weighted by atomic mass is 19.4. The third kappa shape index (κ3) is 5.53. The van der Waals surface area contributed by atoms with Crippen LogP contribution >= 0.6 is 0 Å². The molecular formula is C42H29F3N4. The fraction of sp³-hybridized carbons (Fsp3) is 0.0714. The van der Waals surface area contributed by atoms with E-state index >= 15 is 0 Å². The molecule has 7 heteroatoms. The van der Waals surface area contributed by atoms with E-state index in [2.05, 4.69) is 54.8 Å². The van der Waals surface area contributed by atoms with E-state index in [-0.39, 0.29) is 11.4 Å². The van der Waals surface area contributed by atoms with Gasteiger partial charge in [-0.05, 0) is 73.5 Å². The molecule has 0 saturated heterocycles. The predicted molar refractivity (Wildman–Crippen MR) is 190 cm³/mol. The molecule has 2 heterocycles. The number of hydrogen-bond acceptors (Lipinski definition) is 3. The molecule has 238 valence electrons. The maximum Gasteiger partial charge on any atom is 0.417 e. The summed E-state index contributed by atoms with van der Waals surface area (Å²) in [5.74, 6) is 1.13. The molecular weight excluding hydrogens is 617 g/mol. The Morgan fingerprint density at radius 1 is 0.469 bits per heavy atom. The highest BCUT2D eigenvalue weighted by molar-refractivity contribution is 6.10. The number of benzene rings is 6. The zero-order valence-corrected chi connectivity index (χ0v) is 26.7. The van der Waals surface area contributed by atoms with Crippen LogP contribution in [-0.2, 0) is 6.18 Å². The van der Waals surface area contributed by atoms with E-state index in [1.165, 1.54) is 12.1 Å². The molecule has 6 aromatic carbocycles. The van der Waals surface area contributed by atoms with Crippen LogP contribution in [0.1, 0.15) is 16.7 Å². The van der Waals surface area contributed by atoms with Crippen LogP contribution in [0.25, 0.3) is 72.8 Å². The van der Waals surface area contributed by atoms with Crippen molar-refractivity contribution in [3.8, 4) is 51.0 Å². The summed E-state index contributed by atoms with van der Waals surface area (Å²) in [6, 6.07) is 42.9. The van der Waals surface area contributed by atoms with Gasteiger partial charge in [-0.3, -0.25) is 0 Å². The molecule has 0 fully saturated rings. The first-order valence-electron chi connectivity index (χ1n) is 15.9. The molecule has 4 nitrogen and oxygen atoms in total. The summed E-state index contributed by atoms with van der Waals surface area (Å²) in [6.07, 6.45) is -4.59. The Labute approximate surface area is 281 Å². The molecule has 0 aliphatic rings. The van der Waals surface area contributed by atoms with Crippen molar-refractivity contribution in [2.45, 2.75) is 20.0 Å². The van der Waals surface area contributed by atoms with E-state index in [0.29, 0.717) is 22.8 Å². The molecule has 49 heavy (non-hydrogen) atoms. The lowest BCUT2D eigenvalue weighted by molar-refractivity contribution is -0.137. The molecule has 0 bridgehead atoms. The molecule has 8 aromatic rings. The van der Waals surface area contributed by atoms with Gasteiger partial charge in [0.05, 0.1) is 16.6 Å². The number of fused-ring (bicyclic) bond motifs is 3. The normalized spacial score (nSPS) is 11.8. The highest BCUT2D eigenvalue weighted by Crippen LogP contribution is 2.42. The Bertz CT molecular complexity index is 2380. The zero-order chi connectivity index (χ0) is 33.7. The minimum atomic E-state index is -4.59. The third-order valence-electron chi connectivity index (χ3n) is 8.80.